The summed E-state index contributed by atoms with van der Waals surface area (Å²) >= 11 is 0. The van der Waals surface area contributed by atoms with Gasteiger partial charge in [-0.15, -0.1) is 0 Å². The van der Waals surface area contributed by atoms with E-state index in [9.17, 15) is 9.90 Å². The Bertz CT molecular complexity index is 646. The Hall–Kier alpha value is -2.10. The van der Waals surface area contributed by atoms with Crippen LogP contribution in [0.4, 0.5) is 0 Å². The third-order valence-electron chi connectivity index (χ3n) is 3.31. The highest BCUT2D eigenvalue weighted by Gasteiger charge is 2.16. The second-order valence-electron chi connectivity index (χ2n) is 4.60. The first-order valence-electron chi connectivity index (χ1n) is 6.15. The van der Waals surface area contributed by atoms with Crippen molar-refractivity contribution < 1.29 is 5.11 Å². The fourth-order valence-electron chi connectivity index (χ4n) is 2.39. The lowest BCUT2D eigenvalue weighted by molar-refractivity contribution is 0.475. The molecule has 0 unspecified atom stereocenters. The van der Waals surface area contributed by atoms with Crippen molar-refractivity contribution in [1.29, 1.82) is 0 Å². The second-order valence-corrected chi connectivity index (χ2v) is 4.60. The molecule has 0 saturated heterocycles. The number of phenolic OH excluding ortho intramolecular Hbond substituents is 1. The van der Waals surface area contributed by atoms with Gasteiger partial charge in [0.15, 0.2) is 0 Å². The fraction of sp³-hybridized carbons (Fsp3) is 0.286. The molecule has 2 N–H and O–H groups in total. The predicted molar refractivity (Wildman–Crippen MR) is 68.6 cm³/mol. The van der Waals surface area contributed by atoms with E-state index in [0.29, 0.717) is 5.82 Å². The van der Waals surface area contributed by atoms with E-state index in [1.807, 2.05) is 6.07 Å². The Kier molecular flexibility index (Phi) is 2.63. The standard InChI is InChI=1S/C14H14N2O2/c17-10-5-3-4-9(8-10)13-15-12-7-2-1-6-11(12)14(18)16-13/h3-5,8,17H,1-2,6-7H2,(H,15,16,18). The molecule has 0 aliphatic heterocycles. The molecule has 0 spiro atoms. The van der Waals surface area contributed by atoms with E-state index < -0.39 is 0 Å². The third-order valence-corrected chi connectivity index (χ3v) is 3.31. The number of H-pyrrole nitrogens is 1. The van der Waals surface area contributed by atoms with Gasteiger partial charge in [-0.25, -0.2) is 4.98 Å². The molecule has 1 aromatic carbocycles. The Labute approximate surface area is 104 Å². The van der Waals surface area contributed by atoms with Crippen LogP contribution in [0.15, 0.2) is 29.1 Å². The van der Waals surface area contributed by atoms with Gasteiger partial charge in [0, 0.05) is 11.1 Å². The lowest BCUT2D eigenvalue weighted by atomic mass is 9.97. The molecule has 1 heterocycles. The number of phenols is 1. The van der Waals surface area contributed by atoms with Crippen LogP contribution in [0.2, 0.25) is 0 Å². The van der Waals surface area contributed by atoms with Crippen molar-refractivity contribution in [2.24, 2.45) is 0 Å². The van der Waals surface area contributed by atoms with E-state index in [1.54, 1.807) is 18.2 Å². The summed E-state index contributed by atoms with van der Waals surface area (Å²) < 4.78 is 0. The number of nitrogens with zero attached hydrogens (tertiary/aromatic N) is 1. The van der Waals surface area contributed by atoms with Crippen molar-refractivity contribution in [1.82, 2.24) is 9.97 Å². The summed E-state index contributed by atoms with van der Waals surface area (Å²) in [5.41, 5.74) is 2.42. The smallest absolute Gasteiger partial charge is 0.254 e. The van der Waals surface area contributed by atoms with Crippen LogP contribution in [0.3, 0.4) is 0 Å². The molecule has 0 bridgehead atoms. The van der Waals surface area contributed by atoms with Gasteiger partial charge < -0.3 is 10.1 Å². The molecule has 4 heteroatoms. The SMILES string of the molecule is O=c1[nH]c(-c2cccc(O)c2)nc2c1CCCC2. The highest BCUT2D eigenvalue weighted by Crippen LogP contribution is 2.22. The molecule has 1 aliphatic rings. The number of benzene rings is 1. The van der Waals surface area contributed by atoms with Crippen LogP contribution in [0.25, 0.3) is 11.4 Å². The second kappa shape index (κ2) is 4.29. The van der Waals surface area contributed by atoms with Crippen LogP contribution in [0.1, 0.15) is 24.1 Å². The summed E-state index contributed by atoms with van der Waals surface area (Å²) in [6.07, 6.45) is 3.83. The molecule has 0 radical (unpaired) electrons. The van der Waals surface area contributed by atoms with E-state index in [-0.39, 0.29) is 11.3 Å². The first-order chi connectivity index (χ1) is 8.74. The van der Waals surface area contributed by atoms with Gasteiger partial charge in [0.25, 0.3) is 5.56 Å². The number of aromatic amines is 1. The fourth-order valence-corrected chi connectivity index (χ4v) is 2.39. The predicted octanol–water partition coefficient (Wildman–Crippen LogP) is 2.02. The van der Waals surface area contributed by atoms with Gasteiger partial charge in [-0.1, -0.05) is 12.1 Å². The molecule has 4 nitrogen and oxygen atoms in total. The van der Waals surface area contributed by atoms with Crippen molar-refractivity contribution in [2.75, 3.05) is 0 Å². The lowest BCUT2D eigenvalue weighted by Crippen LogP contribution is -2.21. The molecule has 0 amide bonds. The largest absolute Gasteiger partial charge is 0.508 e. The third kappa shape index (κ3) is 1.90. The quantitative estimate of drug-likeness (QED) is 0.804. The average Bonchev–Trinajstić information content (AvgIpc) is 2.39. The van der Waals surface area contributed by atoms with Crippen LogP contribution in [0, 0.1) is 0 Å². The van der Waals surface area contributed by atoms with Crippen LogP contribution >= 0.6 is 0 Å². The van der Waals surface area contributed by atoms with E-state index in [0.717, 1.165) is 42.5 Å². The van der Waals surface area contributed by atoms with E-state index in [2.05, 4.69) is 9.97 Å². The zero-order chi connectivity index (χ0) is 12.5. The highest BCUT2D eigenvalue weighted by atomic mass is 16.3. The van der Waals surface area contributed by atoms with E-state index >= 15 is 0 Å². The zero-order valence-corrected chi connectivity index (χ0v) is 9.94. The molecule has 3 rings (SSSR count). The van der Waals surface area contributed by atoms with Crippen molar-refractivity contribution in [3.8, 4) is 17.1 Å². The maximum absolute atomic E-state index is 12.0. The summed E-state index contributed by atoms with van der Waals surface area (Å²) in [6, 6.07) is 6.77. The van der Waals surface area contributed by atoms with Crippen molar-refractivity contribution >= 4 is 0 Å². The maximum atomic E-state index is 12.0. The van der Waals surface area contributed by atoms with Crippen molar-refractivity contribution in [3.63, 3.8) is 0 Å². The minimum absolute atomic E-state index is 0.0435. The van der Waals surface area contributed by atoms with E-state index in [4.69, 9.17) is 0 Å². The number of fused-ring (bicyclic) bond motifs is 1. The summed E-state index contributed by atoms with van der Waals surface area (Å²) in [5.74, 6) is 0.712. The van der Waals surface area contributed by atoms with Gasteiger partial charge in [0.05, 0.1) is 5.69 Å². The van der Waals surface area contributed by atoms with Gasteiger partial charge in [-0.3, -0.25) is 4.79 Å². The van der Waals surface area contributed by atoms with E-state index in [1.165, 1.54) is 0 Å². The molecule has 0 saturated carbocycles. The molecule has 0 atom stereocenters. The molecule has 0 fully saturated rings. The summed E-state index contributed by atoms with van der Waals surface area (Å²) in [6.45, 7) is 0. The highest BCUT2D eigenvalue weighted by molar-refractivity contribution is 5.57. The average molecular weight is 242 g/mol. The lowest BCUT2D eigenvalue weighted by Gasteiger charge is -2.14. The monoisotopic (exact) mass is 242 g/mol. The van der Waals surface area contributed by atoms with Crippen LogP contribution in [0.5, 0.6) is 5.75 Å². The number of hydrogen-bond donors (Lipinski definition) is 2. The van der Waals surface area contributed by atoms with Crippen LogP contribution in [-0.2, 0) is 12.8 Å². The topological polar surface area (TPSA) is 66.0 Å². The number of rotatable bonds is 1. The number of aromatic hydroxyl groups is 1. The summed E-state index contributed by atoms with van der Waals surface area (Å²) in [7, 11) is 0. The van der Waals surface area contributed by atoms with Gasteiger partial charge in [-0.05, 0) is 37.8 Å². The first kappa shape index (κ1) is 11.0. The molecule has 18 heavy (non-hydrogen) atoms. The number of hydrogen-bond acceptors (Lipinski definition) is 3. The Morgan fingerprint density at radius 2 is 2.06 bits per heavy atom. The van der Waals surface area contributed by atoms with Gasteiger partial charge in [0.2, 0.25) is 0 Å². The van der Waals surface area contributed by atoms with Gasteiger partial charge in [-0.2, -0.15) is 0 Å². The molecular weight excluding hydrogens is 228 g/mol. The zero-order valence-electron chi connectivity index (χ0n) is 9.94. The summed E-state index contributed by atoms with van der Waals surface area (Å²) in [5, 5.41) is 9.46. The molecule has 1 aliphatic carbocycles. The number of aromatic nitrogens is 2. The summed E-state index contributed by atoms with van der Waals surface area (Å²) in [4.78, 5) is 19.3. The molecule has 1 aromatic heterocycles. The number of nitrogens with one attached hydrogen (secondary N) is 1. The Morgan fingerprint density at radius 3 is 2.89 bits per heavy atom. The Morgan fingerprint density at radius 1 is 1.22 bits per heavy atom. The normalized spacial score (nSPS) is 14.2. The van der Waals surface area contributed by atoms with Crippen molar-refractivity contribution in [3.05, 3.63) is 45.9 Å². The van der Waals surface area contributed by atoms with Crippen LogP contribution < -0.4 is 5.56 Å². The first-order valence-corrected chi connectivity index (χ1v) is 6.15. The minimum atomic E-state index is -0.0435. The maximum Gasteiger partial charge on any atom is 0.254 e. The Balaban J connectivity index is 2.14. The molecule has 92 valence electrons. The van der Waals surface area contributed by atoms with Gasteiger partial charge >= 0.3 is 0 Å². The van der Waals surface area contributed by atoms with Crippen molar-refractivity contribution in [2.45, 2.75) is 25.7 Å². The van der Waals surface area contributed by atoms with Crippen LogP contribution in [-0.4, -0.2) is 15.1 Å². The molecular formula is C14H14N2O2. The number of aryl methyl sites for hydroxylation is 1. The minimum Gasteiger partial charge on any atom is -0.508 e. The van der Waals surface area contributed by atoms with Gasteiger partial charge in [0.1, 0.15) is 11.6 Å². The molecule has 2 aromatic rings.